The van der Waals surface area contributed by atoms with Crippen LogP contribution in [0.15, 0.2) is 54.6 Å². The first kappa shape index (κ1) is 17.3. The highest BCUT2D eigenvalue weighted by Gasteiger charge is 2.37. The third-order valence-electron chi connectivity index (χ3n) is 3.59. The van der Waals surface area contributed by atoms with Gasteiger partial charge in [-0.1, -0.05) is 30.3 Å². The van der Waals surface area contributed by atoms with Crippen molar-refractivity contribution >= 4 is 17.6 Å². The molecule has 2 rings (SSSR count). The van der Waals surface area contributed by atoms with Crippen LogP contribution in [0.1, 0.15) is 11.5 Å². The lowest BCUT2D eigenvalue weighted by atomic mass is 9.93. The first-order valence-electron chi connectivity index (χ1n) is 7.34. The summed E-state index contributed by atoms with van der Waals surface area (Å²) in [6.07, 6.45) is -1.53. The fraction of sp³-hybridized carbons (Fsp3) is 0.222. The second-order valence-electron chi connectivity index (χ2n) is 5.49. The summed E-state index contributed by atoms with van der Waals surface area (Å²) in [5.41, 5.74) is 1.26. The topological polar surface area (TPSA) is 87.1 Å². The molecule has 0 aliphatic heterocycles. The zero-order valence-corrected chi connectivity index (χ0v) is 13.4. The number of rotatable bonds is 7. The molecule has 6 heteroatoms. The van der Waals surface area contributed by atoms with Crippen molar-refractivity contribution in [2.45, 2.75) is 12.0 Å². The fourth-order valence-electron chi connectivity index (χ4n) is 2.33. The van der Waals surface area contributed by atoms with Gasteiger partial charge in [0.1, 0.15) is 11.7 Å². The largest absolute Gasteiger partial charge is 0.481 e. The lowest BCUT2D eigenvalue weighted by Gasteiger charge is -2.22. The summed E-state index contributed by atoms with van der Waals surface area (Å²) in [4.78, 5) is 25.2. The lowest BCUT2D eigenvalue weighted by molar-refractivity contribution is -0.153. The van der Waals surface area contributed by atoms with Gasteiger partial charge in [0.2, 0.25) is 6.10 Å². The predicted octanol–water partition coefficient (Wildman–Crippen LogP) is 2.45. The number of carbonyl (C=O) groups is 2. The molecule has 0 amide bonds. The van der Waals surface area contributed by atoms with E-state index in [0.29, 0.717) is 11.3 Å². The van der Waals surface area contributed by atoms with Crippen LogP contribution in [0.3, 0.4) is 0 Å². The van der Waals surface area contributed by atoms with Crippen molar-refractivity contribution in [3.63, 3.8) is 0 Å². The maximum atomic E-state index is 11.7. The van der Waals surface area contributed by atoms with E-state index in [1.54, 1.807) is 54.6 Å². The van der Waals surface area contributed by atoms with E-state index in [4.69, 9.17) is 4.74 Å². The van der Waals surface area contributed by atoms with E-state index in [1.807, 2.05) is 19.0 Å². The molecule has 2 N–H and O–H groups in total. The summed E-state index contributed by atoms with van der Waals surface area (Å²) >= 11 is 0. The Kier molecular flexibility index (Phi) is 5.42. The van der Waals surface area contributed by atoms with Gasteiger partial charge in [0, 0.05) is 19.8 Å². The molecule has 0 heterocycles. The van der Waals surface area contributed by atoms with Gasteiger partial charge in [0.05, 0.1) is 0 Å². The predicted molar refractivity (Wildman–Crippen MR) is 89.6 cm³/mol. The summed E-state index contributed by atoms with van der Waals surface area (Å²) in [7, 11) is 3.73. The first-order valence-corrected chi connectivity index (χ1v) is 7.34. The number of carboxylic acids is 2. The minimum atomic E-state index is -1.53. The van der Waals surface area contributed by atoms with E-state index in [0.717, 1.165) is 5.69 Å². The fourth-order valence-corrected chi connectivity index (χ4v) is 2.33. The van der Waals surface area contributed by atoms with Gasteiger partial charge >= 0.3 is 11.9 Å². The normalized spacial score (nSPS) is 12.9. The summed E-state index contributed by atoms with van der Waals surface area (Å²) in [6.45, 7) is 0. The molecule has 0 saturated carbocycles. The molecule has 0 radical (unpaired) electrons. The van der Waals surface area contributed by atoms with E-state index in [9.17, 15) is 19.8 Å². The molecule has 126 valence electrons. The lowest BCUT2D eigenvalue weighted by Crippen LogP contribution is -2.38. The molecule has 24 heavy (non-hydrogen) atoms. The highest BCUT2D eigenvalue weighted by Crippen LogP contribution is 2.26. The molecule has 2 unspecified atom stereocenters. The van der Waals surface area contributed by atoms with Crippen molar-refractivity contribution in [2.75, 3.05) is 19.0 Å². The molecule has 2 atom stereocenters. The van der Waals surface area contributed by atoms with Crippen molar-refractivity contribution in [1.82, 2.24) is 0 Å². The van der Waals surface area contributed by atoms with Crippen LogP contribution in [0.2, 0.25) is 0 Å². The summed E-state index contributed by atoms with van der Waals surface area (Å²) in [6, 6.07) is 15.0. The van der Waals surface area contributed by atoms with Crippen LogP contribution in [-0.2, 0) is 9.59 Å². The maximum absolute atomic E-state index is 11.7. The van der Waals surface area contributed by atoms with Gasteiger partial charge in [-0.15, -0.1) is 0 Å². The Morgan fingerprint density at radius 3 is 1.96 bits per heavy atom. The van der Waals surface area contributed by atoms with E-state index in [-0.39, 0.29) is 0 Å². The molecular formula is C18H19NO5. The first-order chi connectivity index (χ1) is 11.4. The second-order valence-corrected chi connectivity index (χ2v) is 5.49. The number of carboxylic acid groups (broad SMARTS) is 2. The quantitative estimate of drug-likeness (QED) is 0.811. The zero-order chi connectivity index (χ0) is 17.7. The average Bonchev–Trinajstić information content (AvgIpc) is 2.55. The Morgan fingerprint density at radius 1 is 0.917 bits per heavy atom. The summed E-state index contributed by atoms with van der Waals surface area (Å²) < 4.78 is 5.44. The Hall–Kier alpha value is -3.02. The van der Waals surface area contributed by atoms with Crippen LogP contribution >= 0.6 is 0 Å². The molecule has 0 aliphatic rings. The molecule has 2 aromatic carbocycles. The number of aliphatic carboxylic acids is 2. The third-order valence-corrected chi connectivity index (χ3v) is 3.59. The van der Waals surface area contributed by atoms with Crippen molar-refractivity contribution in [2.24, 2.45) is 0 Å². The summed E-state index contributed by atoms with van der Waals surface area (Å²) in [5.74, 6) is -3.60. The Balaban J connectivity index is 2.35. The molecule has 0 saturated heterocycles. The molecule has 2 aromatic rings. The smallest absolute Gasteiger partial charge is 0.346 e. The van der Waals surface area contributed by atoms with Crippen molar-refractivity contribution < 1.29 is 24.5 Å². The minimum Gasteiger partial charge on any atom is -0.481 e. The number of para-hydroxylation sites is 1. The van der Waals surface area contributed by atoms with E-state index < -0.39 is 24.0 Å². The van der Waals surface area contributed by atoms with Crippen LogP contribution in [0.5, 0.6) is 5.75 Å². The van der Waals surface area contributed by atoms with Gasteiger partial charge in [-0.2, -0.15) is 0 Å². The standard InChI is InChI=1S/C18H19NO5/c1-19(2)13-10-8-12(9-11-13)15(17(20)21)16(18(22)23)24-14-6-4-3-5-7-14/h3-11,15-16H,1-2H3,(H,20,21)(H,22,23). The van der Waals surface area contributed by atoms with Gasteiger partial charge in [-0.25, -0.2) is 4.79 Å². The van der Waals surface area contributed by atoms with Crippen LogP contribution in [0, 0.1) is 0 Å². The van der Waals surface area contributed by atoms with Crippen molar-refractivity contribution in [1.29, 1.82) is 0 Å². The van der Waals surface area contributed by atoms with Gasteiger partial charge in [-0.05, 0) is 29.8 Å². The van der Waals surface area contributed by atoms with Crippen molar-refractivity contribution in [3.8, 4) is 5.75 Å². The van der Waals surface area contributed by atoms with E-state index in [2.05, 4.69) is 0 Å². The number of anilines is 1. The number of benzene rings is 2. The molecule has 0 spiro atoms. The SMILES string of the molecule is CN(C)c1ccc(C(C(=O)O)C(Oc2ccccc2)C(=O)O)cc1. The highest BCUT2D eigenvalue weighted by atomic mass is 16.5. The Bertz CT molecular complexity index is 697. The number of nitrogens with zero attached hydrogens (tertiary/aromatic N) is 1. The molecule has 0 bridgehead atoms. The van der Waals surface area contributed by atoms with Crippen LogP contribution in [-0.4, -0.2) is 42.4 Å². The number of hydrogen-bond acceptors (Lipinski definition) is 4. The van der Waals surface area contributed by atoms with Crippen molar-refractivity contribution in [3.05, 3.63) is 60.2 Å². The zero-order valence-electron chi connectivity index (χ0n) is 13.4. The van der Waals surface area contributed by atoms with Gasteiger partial charge in [0.25, 0.3) is 0 Å². The van der Waals surface area contributed by atoms with Gasteiger partial charge in [0.15, 0.2) is 0 Å². The van der Waals surface area contributed by atoms with Crippen LogP contribution < -0.4 is 9.64 Å². The molecule has 0 aliphatic carbocycles. The minimum absolute atomic E-state index is 0.307. The number of hydrogen-bond donors (Lipinski definition) is 2. The molecule has 0 aromatic heterocycles. The molecule has 0 fully saturated rings. The monoisotopic (exact) mass is 329 g/mol. The summed E-state index contributed by atoms with van der Waals surface area (Å²) in [5, 5.41) is 19.0. The Labute approximate surface area is 139 Å². The van der Waals surface area contributed by atoms with E-state index >= 15 is 0 Å². The van der Waals surface area contributed by atoms with E-state index in [1.165, 1.54) is 0 Å². The highest BCUT2D eigenvalue weighted by molar-refractivity contribution is 5.86. The number of ether oxygens (including phenoxy) is 1. The maximum Gasteiger partial charge on any atom is 0.346 e. The van der Waals surface area contributed by atoms with Gasteiger partial charge < -0.3 is 19.8 Å². The average molecular weight is 329 g/mol. The third kappa shape index (κ3) is 4.04. The van der Waals surface area contributed by atoms with Crippen LogP contribution in [0.25, 0.3) is 0 Å². The Morgan fingerprint density at radius 2 is 1.50 bits per heavy atom. The van der Waals surface area contributed by atoms with Gasteiger partial charge in [-0.3, -0.25) is 4.79 Å². The molecular weight excluding hydrogens is 310 g/mol. The second kappa shape index (κ2) is 7.50. The van der Waals surface area contributed by atoms with Crippen LogP contribution in [0.4, 0.5) is 5.69 Å². The molecule has 6 nitrogen and oxygen atoms in total.